The first-order valence-corrected chi connectivity index (χ1v) is 9.21. The molecule has 0 fully saturated rings. The van der Waals surface area contributed by atoms with Gasteiger partial charge in [-0.1, -0.05) is 49.2 Å². The SMILES string of the molecule is CC(C)C(NC(=O)c1ccc([N+](=O)[O-])cc1Cl)C(=O)NCc1ccc(Cl)cc1. The molecule has 9 heteroatoms. The summed E-state index contributed by atoms with van der Waals surface area (Å²) in [4.78, 5) is 35.2. The van der Waals surface area contributed by atoms with E-state index in [4.69, 9.17) is 23.2 Å². The van der Waals surface area contributed by atoms with Crippen molar-refractivity contribution in [3.63, 3.8) is 0 Å². The van der Waals surface area contributed by atoms with Crippen molar-refractivity contribution in [1.29, 1.82) is 0 Å². The van der Waals surface area contributed by atoms with Gasteiger partial charge in [-0.3, -0.25) is 19.7 Å². The number of rotatable bonds is 7. The van der Waals surface area contributed by atoms with Crippen molar-refractivity contribution in [3.8, 4) is 0 Å². The van der Waals surface area contributed by atoms with E-state index in [1.165, 1.54) is 12.1 Å². The van der Waals surface area contributed by atoms with Crippen LogP contribution >= 0.6 is 23.2 Å². The van der Waals surface area contributed by atoms with Gasteiger partial charge in [-0.2, -0.15) is 0 Å². The van der Waals surface area contributed by atoms with Gasteiger partial charge in [-0.05, 0) is 29.7 Å². The Balaban J connectivity index is 2.06. The van der Waals surface area contributed by atoms with E-state index in [0.717, 1.165) is 11.6 Å². The quantitative estimate of drug-likeness (QED) is 0.519. The van der Waals surface area contributed by atoms with Crippen LogP contribution in [-0.2, 0) is 11.3 Å². The molecule has 0 saturated heterocycles. The van der Waals surface area contributed by atoms with Crippen LogP contribution in [0.15, 0.2) is 42.5 Å². The molecule has 1 atom stereocenters. The highest BCUT2D eigenvalue weighted by Gasteiger charge is 2.25. The molecule has 2 N–H and O–H groups in total. The molecule has 0 aliphatic heterocycles. The number of carbonyl (C=O) groups is 2. The second-order valence-electron chi connectivity index (χ2n) is 6.46. The summed E-state index contributed by atoms with van der Waals surface area (Å²) in [7, 11) is 0. The van der Waals surface area contributed by atoms with Crippen LogP contribution in [0, 0.1) is 16.0 Å². The topological polar surface area (TPSA) is 101 Å². The fourth-order valence-electron chi connectivity index (χ4n) is 2.46. The van der Waals surface area contributed by atoms with Gasteiger partial charge in [0.15, 0.2) is 0 Å². The molecule has 148 valence electrons. The molecule has 1 unspecified atom stereocenters. The summed E-state index contributed by atoms with van der Waals surface area (Å²) in [6.45, 7) is 3.88. The summed E-state index contributed by atoms with van der Waals surface area (Å²) in [5.41, 5.74) is 0.705. The van der Waals surface area contributed by atoms with Gasteiger partial charge in [0, 0.05) is 23.7 Å². The summed E-state index contributed by atoms with van der Waals surface area (Å²) in [6, 6.07) is 9.78. The number of hydrogen-bond donors (Lipinski definition) is 2. The summed E-state index contributed by atoms with van der Waals surface area (Å²) >= 11 is 11.8. The van der Waals surface area contributed by atoms with Crippen molar-refractivity contribution in [2.75, 3.05) is 0 Å². The minimum absolute atomic E-state index is 0.0587. The van der Waals surface area contributed by atoms with Gasteiger partial charge >= 0.3 is 0 Å². The number of nitrogens with one attached hydrogen (secondary N) is 2. The maximum atomic E-state index is 12.5. The first-order chi connectivity index (χ1) is 13.2. The fraction of sp³-hybridized carbons (Fsp3) is 0.263. The summed E-state index contributed by atoms with van der Waals surface area (Å²) in [6.07, 6.45) is 0. The van der Waals surface area contributed by atoms with E-state index in [2.05, 4.69) is 10.6 Å². The van der Waals surface area contributed by atoms with E-state index in [9.17, 15) is 19.7 Å². The van der Waals surface area contributed by atoms with Gasteiger partial charge in [0.2, 0.25) is 5.91 Å². The normalized spacial score (nSPS) is 11.8. The Morgan fingerprint density at radius 3 is 2.29 bits per heavy atom. The molecule has 0 heterocycles. The number of carbonyl (C=O) groups excluding carboxylic acids is 2. The minimum Gasteiger partial charge on any atom is -0.350 e. The Kier molecular flexibility index (Phi) is 7.37. The van der Waals surface area contributed by atoms with E-state index in [1.54, 1.807) is 38.1 Å². The Bertz CT molecular complexity index is 885. The molecule has 0 radical (unpaired) electrons. The molecule has 2 rings (SSSR count). The number of nitro benzene ring substituents is 1. The molecule has 0 aliphatic rings. The smallest absolute Gasteiger partial charge is 0.270 e. The van der Waals surface area contributed by atoms with Crippen molar-refractivity contribution < 1.29 is 14.5 Å². The summed E-state index contributed by atoms with van der Waals surface area (Å²) < 4.78 is 0. The van der Waals surface area contributed by atoms with Crippen molar-refractivity contribution in [1.82, 2.24) is 10.6 Å². The molecule has 0 aromatic heterocycles. The highest BCUT2D eigenvalue weighted by atomic mass is 35.5. The van der Waals surface area contributed by atoms with E-state index in [1.807, 2.05) is 0 Å². The molecule has 2 aromatic rings. The number of benzene rings is 2. The van der Waals surface area contributed by atoms with Gasteiger partial charge in [0.1, 0.15) is 6.04 Å². The largest absolute Gasteiger partial charge is 0.350 e. The Hall–Kier alpha value is -2.64. The van der Waals surface area contributed by atoms with Crippen molar-refractivity contribution in [2.24, 2.45) is 5.92 Å². The molecule has 2 aromatic carbocycles. The van der Waals surface area contributed by atoms with Crippen LogP contribution in [0.2, 0.25) is 10.0 Å². The molecule has 2 amide bonds. The number of halogens is 2. The van der Waals surface area contributed by atoms with Gasteiger partial charge in [0.25, 0.3) is 11.6 Å². The first kappa shape index (κ1) is 21.7. The van der Waals surface area contributed by atoms with E-state index in [-0.39, 0.29) is 34.6 Å². The predicted octanol–water partition coefficient (Wildman–Crippen LogP) is 3.97. The lowest BCUT2D eigenvalue weighted by atomic mass is 10.0. The molecule has 0 aliphatic carbocycles. The third kappa shape index (κ3) is 5.68. The van der Waals surface area contributed by atoms with E-state index in [0.29, 0.717) is 5.02 Å². The first-order valence-electron chi connectivity index (χ1n) is 8.46. The third-order valence-corrected chi connectivity index (χ3v) is 4.59. The maximum absolute atomic E-state index is 12.5. The Labute approximate surface area is 172 Å². The molecule has 0 bridgehead atoms. The minimum atomic E-state index is -0.800. The number of hydrogen-bond acceptors (Lipinski definition) is 4. The average molecular weight is 424 g/mol. The molecular formula is C19H19Cl2N3O4. The zero-order valence-electron chi connectivity index (χ0n) is 15.2. The zero-order valence-corrected chi connectivity index (χ0v) is 16.8. The second kappa shape index (κ2) is 9.52. The van der Waals surface area contributed by atoms with Crippen LogP contribution in [-0.4, -0.2) is 22.8 Å². The summed E-state index contributed by atoms with van der Waals surface area (Å²) in [5.74, 6) is -1.12. The maximum Gasteiger partial charge on any atom is 0.270 e. The monoisotopic (exact) mass is 423 g/mol. The predicted molar refractivity (Wildman–Crippen MR) is 107 cm³/mol. The van der Waals surface area contributed by atoms with Crippen molar-refractivity contribution in [3.05, 3.63) is 73.8 Å². The Morgan fingerprint density at radius 1 is 1.11 bits per heavy atom. The second-order valence-corrected chi connectivity index (χ2v) is 7.30. The molecule has 7 nitrogen and oxygen atoms in total. The lowest BCUT2D eigenvalue weighted by Gasteiger charge is -2.22. The standard InChI is InChI=1S/C19H19Cl2N3O4/c1-11(2)17(19(26)22-10-12-3-5-13(20)6-4-12)23-18(25)15-8-7-14(24(27)28)9-16(15)21/h3-9,11,17H,10H2,1-2H3,(H,22,26)(H,23,25). The van der Waals surface area contributed by atoms with Gasteiger partial charge < -0.3 is 10.6 Å². The van der Waals surface area contributed by atoms with E-state index < -0.39 is 16.9 Å². The molecular weight excluding hydrogens is 405 g/mol. The average Bonchev–Trinajstić information content (AvgIpc) is 2.64. The molecule has 28 heavy (non-hydrogen) atoms. The molecule has 0 spiro atoms. The zero-order chi connectivity index (χ0) is 20.8. The fourth-order valence-corrected chi connectivity index (χ4v) is 2.84. The number of amides is 2. The van der Waals surface area contributed by atoms with Gasteiger partial charge in [-0.25, -0.2) is 0 Å². The van der Waals surface area contributed by atoms with Crippen molar-refractivity contribution in [2.45, 2.75) is 26.4 Å². The highest BCUT2D eigenvalue weighted by Crippen LogP contribution is 2.22. The van der Waals surface area contributed by atoms with Crippen LogP contribution < -0.4 is 10.6 Å². The van der Waals surface area contributed by atoms with E-state index >= 15 is 0 Å². The van der Waals surface area contributed by atoms with Crippen LogP contribution in [0.1, 0.15) is 29.8 Å². The van der Waals surface area contributed by atoms with Gasteiger partial charge in [-0.15, -0.1) is 0 Å². The van der Waals surface area contributed by atoms with Crippen LogP contribution in [0.5, 0.6) is 0 Å². The number of non-ortho nitro benzene ring substituents is 1. The van der Waals surface area contributed by atoms with Crippen LogP contribution in [0.3, 0.4) is 0 Å². The van der Waals surface area contributed by atoms with Gasteiger partial charge in [0.05, 0.1) is 15.5 Å². The number of nitro groups is 1. The molecule has 0 saturated carbocycles. The van der Waals surface area contributed by atoms with Crippen LogP contribution in [0.25, 0.3) is 0 Å². The lowest BCUT2D eigenvalue weighted by Crippen LogP contribution is -2.49. The van der Waals surface area contributed by atoms with Crippen molar-refractivity contribution >= 4 is 40.7 Å². The number of nitrogens with zero attached hydrogens (tertiary/aromatic N) is 1. The lowest BCUT2D eigenvalue weighted by molar-refractivity contribution is -0.384. The van der Waals surface area contributed by atoms with Crippen LogP contribution in [0.4, 0.5) is 5.69 Å². The third-order valence-electron chi connectivity index (χ3n) is 4.02. The Morgan fingerprint density at radius 2 is 1.75 bits per heavy atom. The summed E-state index contributed by atoms with van der Waals surface area (Å²) in [5, 5.41) is 16.7. The highest BCUT2D eigenvalue weighted by molar-refractivity contribution is 6.34.